The van der Waals surface area contributed by atoms with E-state index in [1.807, 2.05) is 0 Å². The molecular weight excluding hydrogens is 207 g/mol. The molecule has 1 aromatic rings. The highest BCUT2D eigenvalue weighted by molar-refractivity contribution is 7.82. The van der Waals surface area contributed by atoms with Crippen LogP contribution in [-0.2, 0) is 17.0 Å². The van der Waals surface area contributed by atoms with Crippen molar-refractivity contribution in [3.8, 4) is 0 Å². The predicted octanol–water partition coefficient (Wildman–Crippen LogP) is 0.573. The van der Waals surface area contributed by atoms with Crippen molar-refractivity contribution in [2.24, 2.45) is 5.14 Å². The molecule has 0 aromatic carbocycles. The summed E-state index contributed by atoms with van der Waals surface area (Å²) in [4.78, 5) is 0. The number of nitrogens with two attached hydrogens (primary N) is 1. The van der Waals surface area contributed by atoms with Gasteiger partial charge in [0.15, 0.2) is 10.8 Å². The van der Waals surface area contributed by atoms with E-state index in [1.165, 1.54) is 0 Å². The monoisotopic (exact) mass is 213 g/mol. The van der Waals surface area contributed by atoms with Gasteiger partial charge in [-0.1, -0.05) is 0 Å². The molecule has 13 heavy (non-hydrogen) atoms. The summed E-state index contributed by atoms with van der Waals surface area (Å²) in [7, 11) is -2.19. The Bertz CT molecular complexity index is 345. The van der Waals surface area contributed by atoms with E-state index >= 15 is 0 Å². The minimum Gasteiger partial charge on any atom is -0.246 e. The molecule has 0 spiro atoms. The maximum absolute atomic E-state index is 12.7. The van der Waals surface area contributed by atoms with Crippen LogP contribution >= 0.6 is 0 Å². The third-order valence-electron chi connectivity index (χ3n) is 1.23. The Morgan fingerprint density at radius 3 is 2.46 bits per heavy atom. The second-order valence-corrected chi connectivity index (χ2v) is 3.35. The van der Waals surface area contributed by atoms with Crippen molar-refractivity contribution < 1.29 is 17.4 Å². The Morgan fingerprint density at radius 2 is 2.23 bits per heavy atom. The van der Waals surface area contributed by atoms with Crippen molar-refractivity contribution >= 4 is 11.0 Å². The molecule has 8 heteroatoms. The highest BCUT2D eigenvalue weighted by Gasteiger charge is 2.27. The zero-order valence-electron chi connectivity index (χ0n) is 6.50. The fourth-order valence-electron chi connectivity index (χ4n) is 0.675. The van der Waals surface area contributed by atoms with E-state index < -0.39 is 27.9 Å². The summed E-state index contributed by atoms with van der Waals surface area (Å²) in [6.45, 7) is 0.530. The van der Waals surface area contributed by atoms with Crippen LogP contribution in [0.25, 0.3) is 0 Å². The van der Waals surface area contributed by atoms with Crippen LogP contribution in [0.1, 0.15) is 6.92 Å². The summed E-state index contributed by atoms with van der Waals surface area (Å²) in [6, 6.07) is -3.33. The molecule has 1 atom stereocenters. The summed E-state index contributed by atoms with van der Waals surface area (Å²) in [5.74, 6) is -1.11. The molecule has 1 unspecified atom stereocenters. The van der Waals surface area contributed by atoms with Crippen LogP contribution in [0.15, 0.2) is 11.2 Å². The van der Waals surface area contributed by atoms with E-state index in [0.29, 0.717) is 13.1 Å². The maximum Gasteiger partial charge on any atom is 0.340 e. The lowest BCUT2D eigenvalue weighted by Crippen LogP contribution is -2.19. The van der Waals surface area contributed by atoms with E-state index in [0.717, 1.165) is 0 Å². The lowest BCUT2D eigenvalue weighted by atomic mass is 10.6. The van der Waals surface area contributed by atoms with Crippen LogP contribution in [0.4, 0.5) is 13.2 Å². The zero-order chi connectivity index (χ0) is 10.2. The molecule has 4 nitrogen and oxygen atoms in total. The van der Waals surface area contributed by atoms with E-state index in [1.54, 1.807) is 0 Å². The normalized spacial score (nSPS) is 14.5. The molecule has 1 aromatic heterocycles. The van der Waals surface area contributed by atoms with Gasteiger partial charge in [0, 0.05) is 6.92 Å². The van der Waals surface area contributed by atoms with E-state index in [-0.39, 0.29) is 4.68 Å². The first-order valence-electron chi connectivity index (χ1n) is 3.12. The fraction of sp³-hybridized carbons (Fsp3) is 0.400. The van der Waals surface area contributed by atoms with Crippen molar-refractivity contribution in [3.05, 3.63) is 12.0 Å². The Kier molecular flexibility index (Phi) is 2.44. The molecule has 1 rings (SSSR count). The van der Waals surface area contributed by atoms with Crippen LogP contribution < -0.4 is 5.14 Å². The Balaban J connectivity index is 3.17. The molecule has 0 saturated carbocycles. The molecule has 0 amide bonds. The van der Waals surface area contributed by atoms with E-state index in [4.69, 9.17) is 5.14 Å². The third kappa shape index (κ3) is 2.07. The van der Waals surface area contributed by atoms with Crippen molar-refractivity contribution in [2.75, 3.05) is 0 Å². The molecule has 1 heterocycles. The van der Waals surface area contributed by atoms with E-state index in [2.05, 4.69) is 5.10 Å². The molecule has 0 aliphatic rings. The summed E-state index contributed by atoms with van der Waals surface area (Å²) < 4.78 is 48.3. The number of hydrogen-bond donors (Lipinski definition) is 1. The Hall–Kier alpha value is -0.890. The summed E-state index contributed by atoms with van der Waals surface area (Å²) in [5, 5.41) is 7.15. The van der Waals surface area contributed by atoms with Crippen molar-refractivity contribution in [3.63, 3.8) is 0 Å². The van der Waals surface area contributed by atoms with Crippen LogP contribution in [0, 0.1) is 5.82 Å². The zero-order valence-corrected chi connectivity index (χ0v) is 7.32. The third-order valence-corrected chi connectivity index (χ3v) is 1.89. The molecule has 0 bridgehead atoms. The molecule has 2 N–H and O–H groups in total. The number of halogens is 3. The van der Waals surface area contributed by atoms with Gasteiger partial charge in [-0.25, -0.2) is 18.4 Å². The largest absolute Gasteiger partial charge is 0.340 e. The molecule has 0 aliphatic carbocycles. The first-order valence-corrected chi connectivity index (χ1v) is 4.33. The molecular formula is C5H6F3N3OS. The molecule has 0 fully saturated rings. The SMILES string of the molecule is CC(F)(F)n1cc(F)c(S(N)=O)n1. The molecule has 0 saturated heterocycles. The predicted molar refractivity (Wildman–Crippen MR) is 38.6 cm³/mol. The molecule has 74 valence electrons. The van der Waals surface area contributed by atoms with E-state index in [9.17, 15) is 17.4 Å². The average Bonchev–Trinajstić information content (AvgIpc) is 2.29. The summed E-state index contributed by atoms with van der Waals surface area (Å²) >= 11 is 0. The minimum absolute atomic E-state index is 0.0719. The van der Waals surface area contributed by atoms with Gasteiger partial charge in [0.2, 0.25) is 0 Å². The lowest BCUT2D eigenvalue weighted by Gasteiger charge is -2.08. The highest BCUT2D eigenvalue weighted by Crippen LogP contribution is 2.20. The van der Waals surface area contributed by atoms with Gasteiger partial charge in [-0.15, -0.1) is 0 Å². The van der Waals surface area contributed by atoms with Gasteiger partial charge in [-0.3, -0.25) is 0 Å². The van der Waals surface area contributed by atoms with Crippen molar-refractivity contribution in [1.82, 2.24) is 9.78 Å². The van der Waals surface area contributed by atoms with Gasteiger partial charge in [-0.2, -0.15) is 13.9 Å². The van der Waals surface area contributed by atoms with Gasteiger partial charge in [0.25, 0.3) is 0 Å². The average molecular weight is 213 g/mol. The summed E-state index contributed by atoms with van der Waals surface area (Å²) in [6.07, 6.45) is 0.445. The van der Waals surface area contributed by atoms with Crippen LogP contribution in [0.2, 0.25) is 0 Å². The molecule has 0 aliphatic heterocycles. The van der Waals surface area contributed by atoms with Gasteiger partial charge in [0.05, 0.1) is 6.20 Å². The smallest absolute Gasteiger partial charge is 0.246 e. The Labute approximate surface area is 74.1 Å². The lowest BCUT2D eigenvalue weighted by molar-refractivity contribution is -0.0733. The van der Waals surface area contributed by atoms with Crippen LogP contribution in [0.5, 0.6) is 0 Å². The van der Waals surface area contributed by atoms with Crippen molar-refractivity contribution in [1.29, 1.82) is 0 Å². The maximum atomic E-state index is 12.7. The minimum atomic E-state index is -3.33. The second kappa shape index (κ2) is 3.11. The standard InChI is InChI=1S/C5H6F3N3OS/c1-5(7,8)11-2-3(6)4(10-11)13(9)12/h2H,9H2,1H3. The first-order chi connectivity index (χ1) is 5.82. The van der Waals surface area contributed by atoms with Gasteiger partial charge < -0.3 is 0 Å². The van der Waals surface area contributed by atoms with Gasteiger partial charge in [-0.05, 0) is 0 Å². The Morgan fingerprint density at radius 1 is 1.69 bits per heavy atom. The van der Waals surface area contributed by atoms with Crippen molar-refractivity contribution in [2.45, 2.75) is 18.0 Å². The van der Waals surface area contributed by atoms with Gasteiger partial charge in [0.1, 0.15) is 11.0 Å². The van der Waals surface area contributed by atoms with Crippen LogP contribution in [0.3, 0.4) is 0 Å². The molecule has 0 radical (unpaired) electrons. The fourth-order valence-corrected chi connectivity index (χ4v) is 1.09. The second-order valence-electron chi connectivity index (χ2n) is 2.37. The number of hydrogen-bond acceptors (Lipinski definition) is 2. The quantitative estimate of drug-likeness (QED) is 0.780. The van der Waals surface area contributed by atoms with Gasteiger partial charge >= 0.3 is 6.05 Å². The number of rotatable bonds is 2. The number of nitrogens with zero attached hydrogens (tertiary/aromatic N) is 2. The number of alkyl halides is 2. The summed E-state index contributed by atoms with van der Waals surface area (Å²) in [5.41, 5.74) is 0. The van der Waals surface area contributed by atoms with Crippen LogP contribution in [-0.4, -0.2) is 14.0 Å². The highest BCUT2D eigenvalue weighted by atomic mass is 32.2. The first kappa shape index (κ1) is 10.2. The topological polar surface area (TPSA) is 60.9 Å². The number of aromatic nitrogens is 2.